The lowest BCUT2D eigenvalue weighted by Crippen LogP contribution is -2.35. The highest BCUT2D eigenvalue weighted by molar-refractivity contribution is 5.94. The van der Waals surface area contributed by atoms with Crippen LogP contribution in [0.5, 0.6) is 0 Å². The van der Waals surface area contributed by atoms with E-state index in [-0.39, 0.29) is 11.9 Å². The summed E-state index contributed by atoms with van der Waals surface area (Å²) < 4.78 is 0. The minimum atomic E-state index is 0.00618. The van der Waals surface area contributed by atoms with Gasteiger partial charge in [-0.15, -0.1) is 0 Å². The van der Waals surface area contributed by atoms with E-state index in [2.05, 4.69) is 29.6 Å². The summed E-state index contributed by atoms with van der Waals surface area (Å²) in [7, 11) is 0. The maximum atomic E-state index is 12.4. The van der Waals surface area contributed by atoms with Gasteiger partial charge in [-0.25, -0.2) is 0 Å². The fourth-order valence-corrected chi connectivity index (χ4v) is 2.96. The van der Waals surface area contributed by atoms with Gasteiger partial charge in [0.1, 0.15) is 0 Å². The molecule has 0 spiro atoms. The van der Waals surface area contributed by atoms with Gasteiger partial charge < -0.3 is 11.1 Å². The summed E-state index contributed by atoms with van der Waals surface area (Å²) in [6.45, 7) is 0.600. The number of fused-ring (bicyclic) bond motifs is 1. The fraction of sp³-hybridized carbons (Fsp3) is 0.278. The van der Waals surface area contributed by atoms with E-state index in [9.17, 15) is 4.79 Å². The van der Waals surface area contributed by atoms with Crippen LogP contribution in [0.25, 0.3) is 0 Å². The molecule has 0 saturated carbocycles. The summed E-state index contributed by atoms with van der Waals surface area (Å²) in [6.07, 6.45) is 2.64. The number of hydrogen-bond donors (Lipinski definition) is 2. The number of amides is 1. The Balaban J connectivity index is 1.66. The van der Waals surface area contributed by atoms with E-state index in [0.717, 1.165) is 30.4 Å². The molecule has 3 heteroatoms. The lowest BCUT2D eigenvalue weighted by Gasteiger charge is -2.12. The van der Waals surface area contributed by atoms with E-state index in [1.165, 1.54) is 11.1 Å². The zero-order chi connectivity index (χ0) is 14.7. The normalized spacial score (nSPS) is 14.0. The molecule has 2 aromatic rings. The second-order valence-corrected chi connectivity index (χ2v) is 5.59. The maximum Gasteiger partial charge on any atom is 0.251 e. The number of carbonyl (C=O) groups excluding carboxylic acids is 1. The van der Waals surface area contributed by atoms with E-state index in [0.29, 0.717) is 6.54 Å². The quantitative estimate of drug-likeness (QED) is 0.901. The molecule has 3 N–H and O–H groups in total. The highest BCUT2D eigenvalue weighted by atomic mass is 16.1. The first-order chi connectivity index (χ1) is 10.3. The molecule has 0 atom stereocenters. The Bertz CT molecular complexity index is 626. The number of nitrogens with two attached hydrogens (primary N) is 1. The van der Waals surface area contributed by atoms with Crippen molar-refractivity contribution >= 4 is 5.91 Å². The van der Waals surface area contributed by atoms with Crippen LogP contribution in [0.15, 0.2) is 48.5 Å². The average Bonchev–Trinajstić information content (AvgIpc) is 2.90. The number of benzene rings is 2. The summed E-state index contributed by atoms with van der Waals surface area (Å²) in [5, 5.41) is 3.14. The van der Waals surface area contributed by atoms with Gasteiger partial charge in [-0.3, -0.25) is 4.79 Å². The summed E-state index contributed by atoms with van der Waals surface area (Å²) in [5.41, 5.74) is 10.1. The van der Waals surface area contributed by atoms with E-state index in [4.69, 9.17) is 5.73 Å². The zero-order valence-corrected chi connectivity index (χ0v) is 12.0. The molecule has 1 aliphatic carbocycles. The first kappa shape index (κ1) is 13.8. The molecule has 108 valence electrons. The predicted molar refractivity (Wildman–Crippen MR) is 84.3 cm³/mol. The van der Waals surface area contributed by atoms with Crippen LogP contribution < -0.4 is 11.1 Å². The van der Waals surface area contributed by atoms with Crippen molar-refractivity contribution in [2.24, 2.45) is 5.73 Å². The molecule has 0 saturated heterocycles. The van der Waals surface area contributed by atoms with E-state index in [1.54, 1.807) is 0 Å². The van der Waals surface area contributed by atoms with Crippen molar-refractivity contribution in [1.29, 1.82) is 0 Å². The van der Waals surface area contributed by atoms with Crippen LogP contribution in [-0.2, 0) is 19.3 Å². The van der Waals surface area contributed by atoms with Crippen LogP contribution >= 0.6 is 0 Å². The van der Waals surface area contributed by atoms with Gasteiger partial charge in [0.05, 0.1) is 0 Å². The van der Waals surface area contributed by atoms with Gasteiger partial charge in [-0.1, -0.05) is 36.4 Å². The molecule has 21 heavy (non-hydrogen) atoms. The van der Waals surface area contributed by atoms with Crippen molar-refractivity contribution in [2.45, 2.75) is 25.3 Å². The van der Waals surface area contributed by atoms with Crippen molar-refractivity contribution in [2.75, 3.05) is 6.54 Å². The number of carbonyl (C=O) groups is 1. The summed E-state index contributed by atoms with van der Waals surface area (Å²) >= 11 is 0. The standard InChI is InChI=1S/C18H20N2O/c19-9-8-13-4-3-7-16(10-13)18(21)20-17-11-14-5-1-2-6-15(14)12-17/h1-7,10,17H,8-9,11-12,19H2,(H,20,21). The molecule has 0 heterocycles. The topological polar surface area (TPSA) is 55.1 Å². The van der Waals surface area contributed by atoms with Gasteiger partial charge in [0.25, 0.3) is 5.91 Å². The van der Waals surface area contributed by atoms with Crippen LogP contribution in [0, 0.1) is 0 Å². The van der Waals surface area contributed by atoms with Gasteiger partial charge in [0, 0.05) is 11.6 Å². The van der Waals surface area contributed by atoms with E-state index in [1.807, 2.05) is 24.3 Å². The van der Waals surface area contributed by atoms with Crippen molar-refractivity contribution in [1.82, 2.24) is 5.32 Å². The largest absolute Gasteiger partial charge is 0.349 e. The van der Waals surface area contributed by atoms with Gasteiger partial charge in [-0.2, -0.15) is 0 Å². The van der Waals surface area contributed by atoms with Gasteiger partial charge >= 0.3 is 0 Å². The van der Waals surface area contributed by atoms with E-state index >= 15 is 0 Å². The Morgan fingerprint density at radius 2 is 1.81 bits per heavy atom. The Morgan fingerprint density at radius 1 is 1.10 bits per heavy atom. The molecule has 0 aliphatic heterocycles. The van der Waals surface area contributed by atoms with Crippen LogP contribution in [-0.4, -0.2) is 18.5 Å². The van der Waals surface area contributed by atoms with Crippen LogP contribution in [0.4, 0.5) is 0 Å². The molecule has 0 bridgehead atoms. The highest BCUT2D eigenvalue weighted by Gasteiger charge is 2.22. The number of rotatable bonds is 4. The molecular weight excluding hydrogens is 260 g/mol. The third kappa shape index (κ3) is 3.14. The molecule has 1 amide bonds. The van der Waals surface area contributed by atoms with Gasteiger partial charge in [0.2, 0.25) is 0 Å². The smallest absolute Gasteiger partial charge is 0.251 e. The lowest BCUT2D eigenvalue weighted by molar-refractivity contribution is 0.0938. The maximum absolute atomic E-state index is 12.4. The number of nitrogens with one attached hydrogen (secondary N) is 1. The lowest BCUT2D eigenvalue weighted by atomic mass is 10.1. The second kappa shape index (κ2) is 6.10. The summed E-state index contributed by atoms with van der Waals surface area (Å²) in [6, 6.07) is 16.3. The molecule has 3 nitrogen and oxygen atoms in total. The number of hydrogen-bond acceptors (Lipinski definition) is 2. The van der Waals surface area contributed by atoms with Crippen LogP contribution in [0.1, 0.15) is 27.0 Å². The Labute approximate surface area is 125 Å². The summed E-state index contributed by atoms with van der Waals surface area (Å²) in [4.78, 5) is 12.4. The zero-order valence-electron chi connectivity index (χ0n) is 12.0. The molecule has 2 aromatic carbocycles. The molecule has 0 aromatic heterocycles. The van der Waals surface area contributed by atoms with E-state index < -0.39 is 0 Å². The molecule has 3 rings (SSSR count). The van der Waals surface area contributed by atoms with Crippen LogP contribution in [0.2, 0.25) is 0 Å². The average molecular weight is 280 g/mol. The van der Waals surface area contributed by atoms with Gasteiger partial charge in [-0.05, 0) is 54.6 Å². The van der Waals surface area contributed by atoms with Crippen molar-refractivity contribution in [3.63, 3.8) is 0 Å². The van der Waals surface area contributed by atoms with Gasteiger partial charge in [0.15, 0.2) is 0 Å². The Hall–Kier alpha value is -2.13. The first-order valence-electron chi connectivity index (χ1n) is 7.43. The molecule has 0 unspecified atom stereocenters. The molecule has 1 aliphatic rings. The summed E-state index contributed by atoms with van der Waals surface area (Å²) in [5.74, 6) is 0.00618. The van der Waals surface area contributed by atoms with Crippen molar-refractivity contribution < 1.29 is 4.79 Å². The minimum absolute atomic E-state index is 0.00618. The Kier molecular flexibility index (Phi) is 4.02. The fourth-order valence-electron chi connectivity index (χ4n) is 2.96. The predicted octanol–water partition coefficient (Wildman–Crippen LogP) is 2.08. The monoisotopic (exact) mass is 280 g/mol. The SMILES string of the molecule is NCCc1cccc(C(=O)NC2Cc3ccccc3C2)c1. The van der Waals surface area contributed by atoms with Crippen LogP contribution in [0.3, 0.4) is 0 Å². The first-order valence-corrected chi connectivity index (χ1v) is 7.43. The highest BCUT2D eigenvalue weighted by Crippen LogP contribution is 2.22. The minimum Gasteiger partial charge on any atom is -0.349 e. The van der Waals surface area contributed by atoms with Crippen molar-refractivity contribution in [3.8, 4) is 0 Å². The Morgan fingerprint density at radius 3 is 2.48 bits per heavy atom. The molecular formula is C18H20N2O. The van der Waals surface area contributed by atoms with Crippen molar-refractivity contribution in [3.05, 3.63) is 70.8 Å². The molecule has 0 fully saturated rings. The molecule has 0 radical (unpaired) electrons. The third-order valence-corrected chi connectivity index (χ3v) is 4.01. The third-order valence-electron chi connectivity index (χ3n) is 4.01. The second-order valence-electron chi connectivity index (χ2n) is 5.59.